The first kappa shape index (κ1) is 11.4. The normalized spacial score (nSPS) is 17.1. The second kappa shape index (κ2) is 5.91. The van der Waals surface area contributed by atoms with Gasteiger partial charge >= 0.3 is 0 Å². The van der Waals surface area contributed by atoms with E-state index in [0.717, 1.165) is 6.42 Å². The van der Waals surface area contributed by atoms with Crippen LogP contribution in [0.1, 0.15) is 52.4 Å². The van der Waals surface area contributed by atoms with E-state index in [9.17, 15) is 0 Å². The molecule has 0 aromatic carbocycles. The van der Waals surface area contributed by atoms with Crippen LogP contribution in [0.4, 0.5) is 0 Å². The lowest BCUT2D eigenvalue weighted by Gasteiger charge is -2.10. The summed E-state index contributed by atoms with van der Waals surface area (Å²) in [6.07, 6.45) is 7.45. The van der Waals surface area contributed by atoms with Crippen molar-refractivity contribution in [2.24, 2.45) is 0 Å². The molecule has 0 unspecified atom stereocenters. The van der Waals surface area contributed by atoms with E-state index in [1.54, 1.807) is 0 Å². The fraction of sp³-hybridized carbons (Fsp3) is 0.818. The Bertz CT molecular complexity index is 199. The lowest BCUT2D eigenvalue weighted by molar-refractivity contribution is 0.231. The fourth-order valence-corrected chi connectivity index (χ4v) is 1.78. The minimum Gasteiger partial charge on any atom is -0.304 e. The molecule has 82 valence electrons. The Labute approximate surface area is 87.5 Å². The van der Waals surface area contributed by atoms with E-state index in [0.29, 0.717) is 0 Å². The molecule has 3 nitrogen and oxygen atoms in total. The zero-order chi connectivity index (χ0) is 10.4. The summed E-state index contributed by atoms with van der Waals surface area (Å²) in [5.41, 5.74) is 9.46. The number of nitrogens with zero attached hydrogens (tertiary/aromatic N) is 1. The molecular formula is C11H23N3. The Balaban J connectivity index is 2.40. The molecule has 0 aromatic heterocycles. The van der Waals surface area contributed by atoms with Crippen molar-refractivity contribution >= 4 is 0 Å². The smallest absolute Gasteiger partial charge is 0.0485 e. The Morgan fingerprint density at radius 1 is 0.929 bits per heavy atom. The minimum absolute atomic E-state index is 1.15. The van der Waals surface area contributed by atoms with Crippen LogP contribution in [0.15, 0.2) is 11.4 Å². The van der Waals surface area contributed by atoms with Gasteiger partial charge in [0, 0.05) is 18.4 Å². The molecule has 3 heteroatoms. The average molecular weight is 197 g/mol. The van der Waals surface area contributed by atoms with Gasteiger partial charge in [-0.15, -0.1) is 5.12 Å². The molecule has 0 amide bonds. The highest BCUT2D eigenvalue weighted by molar-refractivity contribution is 5.13. The third kappa shape index (κ3) is 3.22. The third-order valence-electron chi connectivity index (χ3n) is 2.50. The first-order valence-corrected chi connectivity index (χ1v) is 5.77. The van der Waals surface area contributed by atoms with Gasteiger partial charge in [-0.1, -0.05) is 33.1 Å². The van der Waals surface area contributed by atoms with E-state index in [4.69, 9.17) is 0 Å². The van der Waals surface area contributed by atoms with Crippen molar-refractivity contribution in [3.63, 3.8) is 0 Å². The van der Waals surface area contributed by atoms with E-state index in [1.165, 1.54) is 43.5 Å². The quantitative estimate of drug-likeness (QED) is 0.641. The summed E-state index contributed by atoms with van der Waals surface area (Å²) in [6.45, 7) is 4.46. The van der Waals surface area contributed by atoms with Crippen LogP contribution in [0.5, 0.6) is 0 Å². The Hall–Kier alpha value is -0.700. The molecule has 0 saturated heterocycles. The minimum atomic E-state index is 1.15. The molecule has 1 heterocycles. The Morgan fingerprint density at radius 2 is 1.57 bits per heavy atom. The highest BCUT2D eigenvalue weighted by atomic mass is 15.7. The third-order valence-corrected chi connectivity index (χ3v) is 2.50. The molecule has 0 aromatic rings. The van der Waals surface area contributed by atoms with Crippen LogP contribution in [0.3, 0.4) is 0 Å². The van der Waals surface area contributed by atoms with Gasteiger partial charge < -0.3 is 10.9 Å². The van der Waals surface area contributed by atoms with Crippen LogP contribution in [0, 0.1) is 0 Å². The first-order valence-electron chi connectivity index (χ1n) is 5.77. The fourth-order valence-electron chi connectivity index (χ4n) is 1.78. The molecule has 0 radical (unpaired) electrons. The summed E-state index contributed by atoms with van der Waals surface area (Å²) in [5, 5.41) is 1.95. The number of nitrogens with one attached hydrogen (secondary N) is 2. The molecule has 1 aliphatic rings. The van der Waals surface area contributed by atoms with Crippen LogP contribution < -0.4 is 10.9 Å². The highest BCUT2D eigenvalue weighted by Crippen LogP contribution is 2.17. The SMILES string of the molecule is CCCCCC1=C(CCC)NN(C)N1. The van der Waals surface area contributed by atoms with Crippen molar-refractivity contribution in [2.45, 2.75) is 52.4 Å². The molecule has 0 fully saturated rings. The summed E-state index contributed by atoms with van der Waals surface area (Å²) < 4.78 is 0. The number of allylic oxidation sites excluding steroid dienone is 2. The summed E-state index contributed by atoms with van der Waals surface area (Å²) in [5.74, 6) is 0. The molecule has 0 saturated carbocycles. The maximum atomic E-state index is 3.35. The van der Waals surface area contributed by atoms with Crippen LogP contribution in [-0.2, 0) is 0 Å². The lowest BCUT2D eigenvalue weighted by atomic mass is 10.1. The van der Waals surface area contributed by atoms with Crippen LogP contribution >= 0.6 is 0 Å². The van der Waals surface area contributed by atoms with E-state index in [1.807, 2.05) is 12.2 Å². The second-order valence-corrected chi connectivity index (χ2v) is 3.95. The molecule has 14 heavy (non-hydrogen) atoms. The molecule has 0 aliphatic carbocycles. The van der Waals surface area contributed by atoms with Gasteiger partial charge in [0.2, 0.25) is 0 Å². The van der Waals surface area contributed by atoms with Gasteiger partial charge in [0.15, 0.2) is 0 Å². The molecule has 0 bridgehead atoms. The topological polar surface area (TPSA) is 27.3 Å². The molecule has 1 rings (SSSR count). The number of hydrogen-bond acceptors (Lipinski definition) is 3. The zero-order valence-corrected chi connectivity index (χ0v) is 9.69. The summed E-state index contributed by atoms with van der Waals surface area (Å²) >= 11 is 0. The van der Waals surface area contributed by atoms with Gasteiger partial charge in [0.1, 0.15) is 0 Å². The number of hydrazine groups is 2. The van der Waals surface area contributed by atoms with Crippen LogP contribution in [0.25, 0.3) is 0 Å². The molecular weight excluding hydrogens is 174 g/mol. The van der Waals surface area contributed by atoms with E-state index in [2.05, 4.69) is 24.7 Å². The Morgan fingerprint density at radius 3 is 2.14 bits per heavy atom. The summed E-state index contributed by atoms with van der Waals surface area (Å²) in [4.78, 5) is 0. The van der Waals surface area contributed by atoms with Gasteiger partial charge in [0.25, 0.3) is 0 Å². The predicted molar refractivity (Wildman–Crippen MR) is 60.1 cm³/mol. The van der Waals surface area contributed by atoms with Gasteiger partial charge in [-0.25, -0.2) is 0 Å². The van der Waals surface area contributed by atoms with Crippen LogP contribution in [0.2, 0.25) is 0 Å². The first-order chi connectivity index (χ1) is 6.77. The summed E-state index contributed by atoms with van der Waals surface area (Å²) in [6, 6.07) is 0. The van der Waals surface area contributed by atoms with Crippen molar-refractivity contribution in [1.29, 1.82) is 0 Å². The number of unbranched alkanes of at least 4 members (excludes halogenated alkanes) is 2. The average Bonchev–Trinajstić information content (AvgIpc) is 2.48. The number of rotatable bonds is 6. The van der Waals surface area contributed by atoms with E-state index >= 15 is 0 Å². The zero-order valence-electron chi connectivity index (χ0n) is 9.69. The maximum Gasteiger partial charge on any atom is 0.0485 e. The van der Waals surface area contributed by atoms with E-state index in [-0.39, 0.29) is 0 Å². The standard InChI is InChI=1S/C11H23N3/c1-4-6-7-9-11-10(8-5-2)12-14(3)13-11/h12-13H,4-9H2,1-3H3. The van der Waals surface area contributed by atoms with E-state index < -0.39 is 0 Å². The van der Waals surface area contributed by atoms with Crippen LogP contribution in [-0.4, -0.2) is 12.2 Å². The summed E-state index contributed by atoms with van der Waals surface area (Å²) in [7, 11) is 2.02. The van der Waals surface area contributed by atoms with Gasteiger partial charge in [-0.3, -0.25) is 0 Å². The van der Waals surface area contributed by atoms with Crippen molar-refractivity contribution in [2.75, 3.05) is 7.05 Å². The molecule has 1 aliphatic heterocycles. The van der Waals surface area contributed by atoms with Crippen molar-refractivity contribution in [1.82, 2.24) is 16.0 Å². The Kier molecular flexibility index (Phi) is 4.80. The second-order valence-electron chi connectivity index (χ2n) is 3.95. The van der Waals surface area contributed by atoms with Crippen molar-refractivity contribution in [3.05, 3.63) is 11.4 Å². The number of hydrogen-bond donors (Lipinski definition) is 2. The largest absolute Gasteiger partial charge is 0.304 e. The molecule has 0 spiro atoms. The molecule has 0 atom stereocenters. The van der Waals surface area contributed by atoms with Gasteiger partial charge in [-0.05, 0) is 19.3 Å². The lowest BCUT2D eigenvalue weighted by Crippen LogP contribution is -2.35. The monoisotopic (exact) mass is 197 g/mol. The maximum absolute atomic E-state index is 3.35. The van der Waals surface area contributed by atoms with Crippen molar-refractivity contribution < 1.29 is 0 Å². The highest BCUT2D eigenvalue weighted by Gasteiger charge is 2.15. The van der Waals surface area contributed by atoms with Gasteiger partial charge in [0.05, 0.1) is 0 Å². The van der Waals surface area contributed by atoms with Crippen molar-refractivity contribution in [3.8, 4) is 0 Å². The molecule has 2 N–H and O–H groups in total. The van der Waals surface area contributed by atoms with Gasteiger partial charge in [-0.2, -0.15) is 0 Å². The predicted octanol–water partition coefficient (Wildman–Crippen LogP) is 2.53.